The second-order valence-electron chi connectivity index (χ2n) is 4.51. The van der Waals surface area contributed by atoms with Crippen LogP contribution >= 0.6 is 11.3 Å². The average Bonchev–Trinajstić information content (AvgIpc) is 3.04. The molecule has 1 heterocycles. The van der Waals surface area contributed by atoms with Gasteiger partial charge in [0.2, 0.25) is 5.91 Å². The number of ketones is 2. The van der Waals surface area contributed by atoms with Gasteiger partial charge in [-0.15, -0.1) is 11.3 Å². The Labute approximate surface area is 132 Å². The van der Waals surface area contributed by atoms with Gasteiger partial charge in [-0.2, -0.15) is 10.5 Å². The molecular weight excluding hydrogens is 302 g/mol. The predicted octanol–water partition coefficient (Wildman–Crippen LogP) is 1.94. The highest BCUT2D eigenvalue weighted by Gasteiger charge is 2.15. The Kier molecular flexibility index (Phi) is 7.52. The number of carbonyl (C=O) groups excluding carboxylic acids is 3. The van der Waals surface area contributed by atoms with Crippen molar-refractivity contribution in [3.63, 3.8) is 0 Å². The maximum Gasteiger partial charge on any atom is 0.224 e. The topological polar surface area (TPSA) is 102 Å². The van der Waals surface area contributed by atoms with Crippen molar-refractivity contribution in [2.24, 2.45) is 0 Å². The summed E-state index contributed by atoms with van der Waals surface area (Å²) in [5.41, 5.74) is 0. The third-order valence-corrected chi connectivity index (χ3v) is 3.83. The van der Waals surface area contributed by atoms with Crippen LogP contribution in [0.4, 0.5) is 0 Å². The third-order valence-electron chi connectivity index (χ3n) is 2.92. The van der Waals surface area contributed by atoms with Crippen molar-refractivity contribution in [1.29, 1.82) is 10.5 Å². The van der Waals surface area contributed by atoms with Crippen LogP contribution in [0.5, 0.6) is 0 Å². The standard InChI is InChI=1S/C15H15N3O3S/c16-7-9-18(10-8-17)15(21)6-4-12(19)3-5-13(20)14-2-1-11-22-14/h1-2,11H,3-6,9-10H2. The summed E-state index contributed by atoms with van der Waals surface area (Å²) in [6, 6.07) is 7.09. The van der Waals surface area contributed by atoms with E-state index in [2.05, 4.69) is 0 Å². The molecule has 0 bridgehead atoms. The first-order chi connectivity index (χ1) is 10.6. The van der Waals surface area contributed by atoms with Gasteiger partial charge in [-0.3, -0.25) is 14.4 Å². The lowest BCUT2D eigenvalue weighted by Crippen LogP contribution is -2.31. The van der Waals surface area contributed by atoms with Gasteiger partial charge < -0.3 is 4.90 Å². The predicted molar refractivity (Wildman–Crippen MR) is 79.9 cm³/mol. The summed E-state index contributed by atoms with van der Waals surface area (Å²) in [5.74, 6) is -0.654. The Balaban J connectivity index is 2.33. The fourth-order valence-corrected chi connectivity index (χ4v) is 2.44. The Hall–Kier alpha value is -2.51. The summed E-state index contributed by atoms with van der Waals surface area (Å²) in [6.45, 7) is -0.338. The Morgan fingerprint density at radius 3 is 2.23 bits per heavy atom. The fraction of sp³-hybridized carbons (Fsp3) is 0.400. The molecule has 0 unspecified atom stereocenters. The van der Waals surface area contributed by atoms with Crippen LogP contribution in [0.25, 0.3) is 0 Å². The second-order valence-corrected chi connectivity index (χ2v) is 5.45. The minimum absolute atomic E-state index is 0.0178. The maximum atomic E-state index is 11.8. The lowest BCUT2D eigenvalue weighted by atomic mass is 10.1. The highest BCUT2D eigenvalue weighted by molar-refractivity contribution is 7.12. The van der Waals surface area contributed by atoms with Crippen molar-refractivity contribution in [2.75, 3.05) is 13.1 Å². The van der Waals surface area contributed by atoms with Gasteiger partial charge in [-0.25, -0.2) is 0 Å². The summed E-state index contributed by atoms with van der Waals surface area (Å²) >= 11 is 1.33. The first kappa shape index (κ1) is 17.5. The monoisotopic (exact) mass is 317 g/mol. The van der Waals surface area contributed by atoms with E-state index in [0.717, 1.165) is 4.90 Å². The molecule has 0 atom stereocenters. The van der Waals surface area contributed by atoms with Gasteiger partial charge in [0.05, 0.1) is 17.0 Å². The summed E-state index contributed by atoms with van der Waals surface area (Å²) in [5, 5.41) is 18.9. The molecule has 0 N–H and O–H groups in total. The highest BCUT2D eigenvalue weighted by Crippen LogP contribution is 2.13. The molecule has 7 heteroatoms. The van der Waals surface area contributed by atoms with Gasteiger partial charge in [0.1, 0.15) is 18.9 Å². The molecule has 1 aromatic rings. The number of hydrogen-bond donors (Lipinski definition) is 0. The van der Waals surface area contributed by atoms with Crippen LogP contribution in [-0.2, 0) is 9.59 Å². The van der Waals surface area contributed by atoms with Crippen LogP contribution in [0.15, 0.2) is 17.5 Å². The van der Waals surface area contributed by atoms with Crippen LogP contribution < -0.4 is 0 Å². The van der Waals surface area contributed by atoms with E-state index >= 15 is 0 Å². The molecule has 0 saturated heterocycles. The number of Topliss-reactive ketones (excluding diaryl/α,β-unsaturated/α-hetero) is 2. The van der Waals surface area contributed by atoms with E-state index in [1.807, 2.05) is 0 Å². The number of nitriles is 2. The zero-order valence-corrected chi connectivity index (χ0v) is 12.8. The van der Waals surface area contributed by atoms with Crippen molar-refractivity contribution in [3.05, 3.63) is 22.4 Å². The molecule has 0 radical (unpaired) electrons. The molecule has 22 heavy (non-hydrogen) atoms. The van der Waals surface area contributed by atoms with Gasteiger partial charge in [0, 0.05) is 25.7 Å². The molecule has 1 rings (SSSR count). The van der Waals surface area contributed by atoms with E-state index in [1.54, 1.807) is 29.7 Å². The van der Waals surface area contributed by atoms with Crippen LogP contribution in [0, 0.1) is 22.7 Å². The first-order valence-electron chi connectivity index (χ1n) is 6.68. The molecular formula is C15H15N3O3S. The molecule has 0 saturated carbocycles. The van der Waals surface area contributed by atoms with Crippen LogP contribution in [0.3, 0.4) is 0 Å². The highest BCUT2D eigenvalue weighted by atomic mass is 32.1. The van der Waals surface area contributed by atoms with E-state index in [1.165, 1.54) is 11.3 Å². The Bertz CT molecular complexity index is 595. The maximum absolute atomic E-state index is 11.8. The smallest absolute Gasteiger partial charge is 0.224 e. The molecule has 0 aromatic carbocycles. The minimum Gasteiger partial charge on any atom is -0.316 e. The zero-order chi connectivity index (χ0) is 16.4. The van der Waals surface area contributed by atoms with E-state index in [4.69, 9.17) is 10.5 Å². The van der Waals surface area contributed by atoms with Gasteiger partial charge in [-0.1, -0.05) is 6.07 Å². The van der Waals surface area contributed by atoms with Crippen LogP contribution in [0.1, 0.15) is 35.4 Å². The molecule has 0 fully saturated rings. The van der Waals surface area contributed by atoms with Gasteiger partial charge in [-0.05, 0) is 11.4 Å². The molecule has 6 nitrogen and oxygen atoms in total. The summed E-state index contributed by atoms with van der Waals surface area (Å²) in [6.07, 6.45) is 0.202. The van der Waals surface area contributed by atoms with Gasteiger partial charge in [0.15, 0.2) is 5.78 Å². The molecule has 0 aliphatic heterocycles. The van der Waals surface area contributed by atoms with Crippen molar-refractivity contribution >= 4 is 28.8 Å². The van der Waals surface area contributed by atoms with Crippen LogP contribution in [-0.4, -0.2) is 35.5 Å². The van der Waals surface area contributed by atoms with Crippen molar-refractivity contribution in [2.45, 2.75) is 25.7 Å². The number of carbonyl (C=O) groups is 3. The van der Waals surface area contributed by atoms with Crippen LogP contribution in [0.2, 0.25) is 0 Å². The number of thiophene rings is 1. The lowest BCUT2D eigenvalue weighted by Gasteiger charge is -2.15. The number of rotatable bonds is 9. The largest absolute Gasteiger partial charge is 0.316 e. The van der Waals surface area contributed by atoms with Gasteiger partial charge in [0.25, 0.3) is 0 Å². The number of nitrogens with zero attached hydrogens (tertiary/aromatic N) is 3. The molecule has 114 valence electrons. The third kappa shape index (κ3) is 5.86. The quantitative estimate of drug-likeness (QED) is 0.511. The number of hydrogen-bond acceptors (Lipinski definition) is 6. The normalized spacial score (nSPS) is 9.55. The van der Waals surface area contributed by atoms with E-state index in [9.17, 15) is 14.4 Å². The van der Waals surface area contributed by atoms with Crippen molar-refractivity contribution in [3.8, 4) is 12.1 Å². The first-order valence-corrected chi connectivity index (χ1v) is 7.56. The average molecular weight is 317 g/mol. The number of amides is 1. The molecule has 0 spiro atoms. The summed E-state index contributed by atoms with van der Waals surface area (Å²) in [4.78, 5) is 36.9. The Morgan fingerprint density at radius 1 is 1.05 bits per heavy atom. The minimum atomic E-state index is -0.402. The van der Waals surface area contributed by atoms with E-state index < -0.39 is 5.91 Å². The van der Waals surface area contributed by atoms with Crippen molar-refractivity contribution in [1.82, 2.24) is 4.90 Å². The van der Waals surface area contributed by atoms with E-state index in [0.29, 0.717) is 4.88 Å². The zero-order valence-electron chi connectivity index (χ0n) is 11.9. The SMILES string of the molecule is N#CCN(CC#N)C(=O)CCC(=O)CCC(=O)c1cccs1. The molecule has 1 amide bonds. The molecule has 1 aromatic heterocycles. The summed E-state index contributed by atoms with van der Waals surface area (Å²) < 4.78 is 0. The second kappa shape index (κ2) is 9.43. The lowest BCUT2D eigenvalue weighted by molar-refractivity contribution is -0.132. The molecule has 0 aliphatic carbocycles. The van der Waals surface area contributed by atoms with Crippen molar-refractivity contribution < 1.29 is 14.4 Å². The van der Waals surface area contributed by atoms with E-state index in [-0.39, 0.29) is 50.3 Å². The summed E-state index contributed by atoms with van der Waals surface area (Å²) in [7, 11) is 0. The van der Waals surface area contributed by atoms with Gasteiger partial charge >= 0.3 is 0 Å². The fourth-order valence-electron chi connectivity index (χ4n) is 1.75. The Morgan fingerprint density at radius 2 is 1.68 bits per heavy atom. The molecule has 0 aliphatic rings.